The summed E-state index contributed by atoms with van der Waals surface area (Å²) in [7, 11) is -1.61. The average Bonchev–Trinajstić information content (AvgIpc) is 2.15. The third-order valence-electron chi connectivity index (χ3n) is 1.55. The van der Waals surface area contributed by atoms with Crippen molar-refractivity contribution in [1.82, 2.24) is 0 Å². The zero-order valence-electron chi connectivity index (χ0n) is 11.0. The number of rotatable bonds is 2. The number of ether oxygens (including phenoxy) is 1. The zero-order valence-corrected chi connectivity index (χ0v) is 19.6. The average molecular weight is 403 g/mol. The van der Waals surface area contributed by atoms with Crippen LogP contribution in [-0.2, 0) is 9.84 Å². The maximum Gasteiger partial charge on any atom is 1.00 e. The number of carboxylic acid groups (broad SMARTS) is 2. The first-order valence-corrected chi connectivity index (χ1v) is 6.78. The number of hydrogen-bond acceptors (Lipinski definition) is 6. The van der Waals surface area contributed by atoms with Gasteiger partial charge in [-0.25, -0.2) is 8.42 Å². The van der Waals surface area contributed by atoms with Crippen LogP contribution in [0, 0.1) is 0 Å². The van der Waals surface area contributed by atoms with Crippen molar-refractivity contribution in [2.24, 2.45) is 0 Å². The molecule has 0 spiro atoms. The summed E-state index contributed by atoms with van der Waals surface area (Å²) in [6.07, 6.45) is -1.17. The quantitative estimate of drug-likeness (QED) is 0.455. The van der Waals surface area contributed by atoms with Gasteiger partial charge in [-0.3, -0.25) is 0 Å². The van der Waals surface area contributed by atoms with Gasteiger partial charge >= 0.3 is 103 Å². The first-order valence-electron chi connectivity index (χ1n) is 4.10. The zero-order chi connectivity index (χ0) is 13.6. The van der Waals surface area contributed by atoms with E-state index >= 15 is 0 Å². The van der Waals surface area contributed by atoms with Crippen molar-refractivity contribution < 1.29 is 131 Å². The molecule has 0 heterocycles. The van der Waals surface area contributed by atoms with Crippen molar-refractivity contribution in [3.8, 4) is 5.75 Å². The van der Waals surface area contributed by atoms with Gasteiger partial charge in [-0.1, -0.05) is 0 Å². The van der Waals surface area contributed by atoms with Crippen LogP contribution in [0.5, 0.6) is 5.75 Å². The van der Waals surface area contributed by atoms with Crippen LogP contribution in [-0.4, -0.2) is 27.9 Å². The van der Waals surface area contributed by atoms with Crippen LogP contribution >= 0.6 is 15.9 Å². The summed E-state index contributed by atoms with van der Waals surface area (Å²) in [5.41, 5.74) is 0. The van der Waals surface area contributed by atoms with E-state index in [9.17, 15) is 8.42 Å². The second-order valence-corrected chi connectivity index (χ2v) is 5.69. The topological polar surface area (TPSA) is 107 Å². The number of methoxy groups -OCH3 is 1. The van der Waals surface area contributed by atoms with E-state index in [2.05, 4.69) is 15.9 Å². The molecule has 0 N–H and O–H groups in total. The van der Waals surface area contributed by atoms with E-state index in [0.29, 0.717) is 10.2 Å². The van der Waals surface area contributed by atoms with Gasteiger partial charge in [-0.15, -0.1) is 0 Å². The molecular formula is C9H9BrK2O6S. The molecule has 0 aliphatic heterocycles. The van der Waals surface area contributed by atoms with Gasteiger partial charge < -0.3 is 19.7 Å². The molecule has 0 atom stereocenters. The fraction of sp³-hybridized carbons (Fsp3) is 0.222. The van der Waals surface area contributed by atoms with Gasteiger partial charge in [0.25, 0.3) is 0 Å². The Bertz CT molecular complexity index is 501. The Morgan fingerprint density at radius 3 is 1.95 bits per heavy atom. The van der Waals surface area contributed by atoms with Gasteiger partial charge in [-0.05, 0) is 40.3 Å². The predicted octanol–water partition coefficient (Wildman–Crippen LogP) is -6.58. The molecule has 0 bridgehead atoms. The predicted molar refractivity (Wildman–Crippen MR) is 59.2 cm³/mol. The summed E-state index contributed by atoms with van der Waals surface area (Å²) in [4.78, 5) is 8.61. The van der Waals surface area contributed by atoms with Gasteiger partial charge in [0.2, 0.25) is 0 Å². The van der Waals surface area contributed by atoms with Crippen molar-refractivity contribution in [2.45, 2.75) is 4.90 Å². The SMILES string of the molecule is COc1ccc(S(C)(=O)=O)cc1Br.O=C([O-])[O-].[K+].[K+]. The Hall–Kier alpha value is 1.99. The van der Waals surface area contributed by atoms with Crippen LogP contribution in [0.15, 0.2) is 27.6 Å². The normalized spacial score (nSPS) is 9.00. The van der Waals surface area contributed by atoms with Gasteiger partial charge in [-0.2, -0.15) is 0 Å². The fourth-order valence-electron chi connectivity index (χ4n) is 0.878. The monoisotopic (exact) mass is 402 g/mol. The maximum atomic E-state index is 11.1. The number of halogens is 1. The molecule has 0 amide bonds. The van der Waals surface area contributed by atoms with E-state index in [1.54, 1.807) is 6.07 Å². The van der Waals surface area contributed by atoms with Crippen LogP contribution in [0.25, 0.3) is 0 Å². The van der Waals surface area contributed by atoms with Crippen molar-refractivity contribution in [2.75, 3.05) is 13.4 Å². The number of carbonyl (C=O) groups excluding carboxylic acids is 1. The van der Waals surface area contributed by atoms with Crippen molar-refractivity contribution in [3.63, 3.8) is 0 Å². The van der Waals surface area contributed by atoms with Crippen molar-refractivity contribution in [3.05, 3.63) is 22.7 Å². The third-order valence-corrected chi connectivity index (χ3v) is 3.28. The van der Waals surface area contributed by atoms with E-state index < -0.39 is 16.0 Å². The molecule has 10 heteroatoms. The van der Waals surface area contributed by atoms with Crippen molar-refractivity contribution in [1.29, 1.82) is 0 Å². The number of sulfone groups is 1. The molecule has 0 saturated heterocycles. The maximum absolute atomic E-state index is 11.1. The van der Waals surface area contributed by atoms with Crippen LogP contribution in [0.1, 0.15) is 0 Å². The van der Waals surface area contributed by atoms with E-state index in [-0.39, 0.29) is 108 Å². The Morgan fingerprint density at radius 2 is 1.68 bits per heavy atom. The molecule has 0 fully saturated rings. The molecule has 1 aromatic carbocycles. The van der Waals surface area contributed by atoms with E-state index in [1.165, 1.54) is 25.5 Å². The third kappa shape index (κ3) is 12.2. The molecule has 0 unspecified atom stereocenters. The molecule has 0 saturated carbocycles. The van der Waals surface area contributed by atoms with Gasteiger partial charge in [0.05, 0.1) is 16.5 Å². The Morgan fingerprint density at radius 1 is 1.26 bits per heavy atom. The molecule has 19 heavy (non-hydrogen) atoms. The van der Waals surface area contributed by atoms with E-state index in [1.807, 2.05) is 0 Å². The minimum absolute atomic E-state index is 0. The van der Waals surface area contributed by atoms with E-state index in [4.69, 9.17) is 19.7 Å². The van der Waals surface area contributed by atoms with Gasteiger partial charge in [0.1, 0.15) is 5.75 Å². The summed E-state index contributed by atoms with van der Waals surface area (Å²) in [6, 6.07) is 4.65. The Labute approximate surface area is 205 Å². The molecule has 96 valence electrons. The van der Waals surface area contributed by atoms with Crippen LogP contribution < -0.4 is 118 Å². The van der Waals surface area contributed by atoms with E-state index in [0.717, 1.165) is 0 Å². The first-order chi connectivity index (χ1) is 7.68. The van der Waals surface area contributed by atoms with Gasteiger partial charge in [0, 0.05) is 6.26 Å². The minimum atomic E-state index is -3.14. The number of benzene rings is 1. The number of hydrogen-bond donors (Lipinski definition) is 0. The summed E-state index contributed by atoms with van der Waals surface area (Å²) < 4.78 is 27.9. The smallest absolute Gasteiger partial charge is 0.652 e. The molecule has 0 aromatic heterocycles. The molecule has 1 aromatic rings. The number of carbonyl (C=O) groups is 1. The molecule has 0 aliphatic rings. The molecule has 0 radical (unpaired) electrons. The summed E-state index contributed by atoms with van der Waals surface area (Å²) in [6.45, 7) is 0. The second kappa shape index (κ2) is 12.5. The van der Waals surface area contributed by atoms with Crippen LogP contribution in [0.3, 0.4) is 0 Å². The summed E-state index contributed by atoms with van der Waals surface area (Å²) >= 11 is 3.21. The Balaban J connectivity index is -0.000000379. The second-order valence-electron chi connectivity index (χ2n) is 2.82. The molecule has 1 rings (SSSR count). The molecule has 6 nitrogen and oxygen atoms in total. The Kier molecular flexibility index (Phi) is 17.1. The minimum Gasteiger partial charge on any atom is -0.652 e. The fourth-order valence-corrected chi connectivity index (χ4v) is 2.22. The largest absolute Gasteiger partial charge is 1.00 e. The standard InChI is InChI=1S/C8H9BrO3S.CH2O3.2K/c1-12-8-4-3-6(5-7(8)9)13(2,10)11;2-1(3)4;;/h3-5H,1-2H3;(H2,2,3,4);;/q;;2*+1/p-2. The summed E-state index contributed by atoms with van der Waals surface area (Å²) in [5.74, 6) is 0.618. The summed E-state index contributed by atoms with van der Waals surface area (Å²) in [5, 5.41) is 16.7. The van der Waals surface area contributed by atoms with Gasteiger partial charge in [0.15, 0.2) is 9.84 Å². The van der Waals surface area contributed by atoms with Crippen molar-refractivity contribution >= 4 is 31.9 Å². The van der Waals surface area contributed by atoms with Crippen LogP contribution in [0.4, 0.5) is 4.79 Å². The molecular weight excluding hydrogens is 394 g/mol. The first kappa shape index (κ1) is 25.9. The van der Waals surface area contributed by atoms with Crippen LogP contribution in [0.2, 0.25) is 0 Å². The molecule has 0 aliphatic carbocycles.